The van der Waals surface area contributed by atoms with Gasteiger partial charge in [0.2, 0.25) is 11.8 Å². The van der Waals surface area contributed by atoms with Crippen LogP contribution in [0.4, 0.5) is 4.79 Å². The standard InChI is InChI=1S/C20H29N3O5/c1-3-28-20(26)23-12-9-16(10-13-23)22-19(25)14-18(24)21-11-8-15-4-6-17(27-2)7-5-15/h4-7,16H,3,8-14H2,1-2H3,(H,21,24)(H,22,25). The number of likely N-dealkylation sites (tertiary alicyclic amines) is 1. The van der Waals surface area contributed by atoms with Gasteiger partial charge in [-0.15, -0.1) is 0 Å². The third-order valence-corrected chi connectivity index (χ3v) is 4.60. The highest BCUT2D eigenvalue weighted by atomic mass is 16.6. The van der Waals surface area contributed by atoms with Crippen molar-refractivity contribution in [2.45, 2.75) is 38.6 Å². The molecule has 0 atom stereocenters. The van der Waals surface area contributed by atoms with E-state index in [2.05, 4.69) is 10.6 Å². The van der Waals surface area contributed by atoms with E-state index < -0.39 is 0 Å². The number of amides is 3. The lowest BCUT2D eigenvalue weighted by Gasteiger charge is -2.31. The van der Waals surface area contributed by atoms with E-state index in [0.717, 1.165) is 11.3 Å². The van der Waals surface area contributed by atoms with E-state index >= 15 is 0 Å². The number of carbonyl (C=O) groups is 3. The number of benzene rings is 1. The van der Waals surface area contributed by atoms with Gasteiger partial charge in [-0.3, -0.25) is 9.59 Å². The molecule has 3 amide bonds. The minimum atomic E-state index is -0.316. The van der Waals surface area contributed by atoms with Crippen LogP contribution in [0.25, 0.3) is 0 Å². The molecule has 2 rings (SSSR count). The second-order valence-electron chi connectivity index (χ2n) is 6.65. The van der Waals surface area contributed by atoms with Gasteiger partial charge in [-0.05, 0) is 43.9 Å². The van der Waals surface area contributed by atoms with Crippen LogP contribution in [0.3, 0.4) is 0 Å². The summed E-state index contributed by atoms with van der Waals surface area (Å²) >= 11 is 0. The van der Waals surface area contributed by atoms with Gasteiger partial charge in [-0.25, -0.2) is 4.79 Å². The number of nitrogens with one attached hydrogen (secondary N) is 2. The molecule has 0 bridgehead atoms. The molecule has 1 heterocycles. The van der Waals surface area contributed by atoms with Crippen LogP contribution < -0.4 is 15.4 Å². The van der Waals surface area contributed by atoms with E-state index in [4.69, 9.17) is 9.47 Å². The molecule has 1 fully saturated rings. The van der Waals surface area contributed by atoms with Gasteiger partial charge in [0.1, 0.15) is 12.2 Å². The molecule has 0 aliphatic carbocycles. The molecule has 1 aliphatic rings. The molecule has 0 spiro atoms. The summed E-state index contributed by atoms with van der Waals surface area (Å²) in [6.07, 6.45) is 1.49. The van der Waals surface area contributed by atoms with Gasteiger partial charge in [0.05, 0.1) is 13.7 Å². The molecule has 1 aromatic rings. The summed E-state index contributed by atoms with van der Waals surface area (Å²) in [5.41, 5.74) is 1.08. The second kappa shape index (κ2) is 11.2. The van der Waals surface area contributed by atoms with E-state index in [1.165, 1.54) is 0 Å². The summed E-state index contributed by atoms with van der Waals surface area (Å²) in [7, 11) is 1.62. The van der Waals surface area contributed by atoms with E-state index in [9.17, 15) is 14.4 Å². The van der Waals surface area contributed by atoms with Gasteiger partial charge in [-0.2, -0.15) is 0 Å². The Hall–Kier alpha value is -2.77. The monoisotopic (exact) mass is 391 g/mol. The van der Waals surface area contributed by atoms with Gasteiger partial charge in [0.25, 0.3) is 0 Å². The summed E-state index contributed by atoms with van der Waals surface area (Å²) in [6, 6.07) is 7.61. The van der Waals surface area contributed by atoms with Crippen LogP contribution in [0.5, 0.6) is 5.75 Å². The molecule has 2 N–H and O–H groups in total. The summed E-state index contributed by atoms with van der Waals surface area (Å²) in [4.78, 5) is 37.3. The van der Waals surface area contributed by atoms with Crippen LogP contribution in [0, 0.1) is 0 Å². The molecule has 28 heavy (non-hydrogen) atoms. The second-order valence-corrected chi connectivity index (χ2v) is 6.65. The zero-order valence-electron chi connectivity index (χ0n) is 16.5. The average molecular weight is 391 g/mol. The van der Waals surface area contributed by atoms with Crippen molar-refractivity contribution in [2.75, 3.05) is 33.4 Å². The predicted molar refractivity (Wildman–Crippen MR) is 104 cm³/mol. The minimum Gasteiger partial charge on any atom is -0.497 e. The van der Waals surface area contributed by atoms with Crippen molar-refractivity contribution >= 4 is 17.9 Å². The predicted octanol–water partition coefficient (Wildman–Crippen LogP) is 1.48. The first-order valence-corrected chi connectivity index (χ1v) is 9.62. The van der Waals surface area contributed by atoms with Crippen molar-refractivity contribution in [1.29, 1.82) is 0 Å². The SMILES string of the molecule is CCOC(=O)N1CCC(NC(=O)CC(=O)NCCc2ccc(OC)cc2)CC1. The Morgan fingerprint density at radius 2 is 1.79 bits per heavy atom. The summed E-state index contributed by atoms with van der Waals surface area (Å²) in [5, 5.41) is 5.63. The molecule has 154 valence electrons. The van der Waals surface area contributed by atoms with Gasteiger partial charge in [0.15, 0.2) is 0 Å². The Kier molecular flexibility index (Phi) is 8.58. The molecular formula is C20H29N3O5. The Balaban J connectivity index is 1.62. The van der Waals surface area contributed by atoms with Gasteiger partial charge < -0.3 is 25.0 Å². The maximum absolute atomic E-state index is 12.1. The lowest BCUT2D eigenvalue weighted by atomic mass is 10.1. The quantitative estimate of drug-likeness (QED) is 0.655. The fourth-order valence-corrected chi connectivity index (χ4v) is 3.05. The number of nitrogens with zero attached hydrogens (tertiary/aromatic N) is 1. The number of rotatable bonds is 8. The third-order valence-electron chi connectivity index (χ3n) is 4.60. The molecule has 0 aromatic heterocycles. The van der Waals surface area contributed by atoms with Crippen molar-refractivity contribution in [3.05, 3.63) is 29.8 Å². The van der Waals surface area contributed by atoms with Crippen LogP contribution in [-0.4, -0.2) is 62.2 Å². The molecule has 1 aliphatic heterocycles. The first kappa shape index (κ1) is 21.5. The molecule has 1 saturated heterocycles. The number of methoxy groups -OCH3 is 1. The number of hydrogen-bond donors (Lipinski definition) is 2. The molecule has 0 radical (unpaired) electrons. The summed E-state index contributed by atoms with van der Waals surface area (Å²) < 4.78 is 10.1. The van der Waals surface area contributed by atoms with E-state index in [-0.39, 0.29) is 30.4 Å². The molecule has 0 unspecified atom stereocenters. The Bertz CT molecular complexity index is 654. The van der Waals surface area contributed by atoms with Crippen molar-refractivity contribution in [3.63, 3.8) is 0 Å². The first-order chi connectivity index (χ1) is 13.5. The Labute approximate surface area is 165 Å². The highest BCUT2D eigenvalue weighted by Gasteiger charge is 2.24. The smallest absolute Gasteiger partial charge is 0.409 e. The van der Waals surface area contributed by atoms with E-state index in [1.54, 1.807) is 18.9 Å². The maximum Gasteiger partial charge on any atom is 0.409 e. The van der Waals surface area contributed by atoms with Crippen LogP contribution in [0.2, 0.25) is 0 Å². The third kappa shape index (κ3) is 7.09. The lowest BCUT2D eigenvalue weighted by molar-refractivity contribution is -0.129. The van der Waals surface area contributed by atoms with Crippen molar-refractivity contribution in [2.24, 2.45) is 0 Å². The van der Waals surface area contributed by atoms with Crippen LogP contribution >= 0.6 is 0 Å². The molecular weight excluding hydrogens is 362 g/mol. The highest BCUT2D eigenvalue weighted by Crippen LogP contribution is 2.12. The van der Waals surface area contributed by atoms with Crippen molar-refractivity contribution in [3.8, 4) is 5.75 Å². The number of carbonyl (C=O) groups excluding carboxylic acids is 3. The average Bonchev–Trinajstić information content (AvgIpc) is 2.69. The Morgan fingerprint density at radius 1 is 1.11 bits per heavy atom. The molecule has 1 aromatic carbocycles. The maximum atomic E-state index is 12.1. The van der Waals surface area contributed by atoms with Gasteiger partial charge in [-0.1, -0.05) is 12.1 Å². The first-order valence-electron chi connectivity index (χ1n) is 9.62. The highest BCUT2D eigenvalue weighted by molar-refractivity contribution is 5.96. The van der Waals surface area contributed by atoms with E-state index in [0.29, 0.717) is 45.5 Å². The topological polar surface area (TPSA) is 97.0 Å². The van der Waals surface area contributed by atoms with Gasteiger partial charge >= 0.3 is 6.09 Å². The normalized spacial score (nSPS) is 14.3. The number of ether oxygens (including phenoxy) is 2. The summed E-state index contributed by atoms with van der Waals surface area (Å²) in [6.45, 7) is 3.67. The molecule has 0 saturated carbocycles. The molecule has 8 heteroatoms. The fraction of sp³-hybridized carbons (Fsp3) is 0.550. The zero-order valence-corrected chi connectivity index (χ0v) is 16.5. The number of hydrogen-bond acceptors (Lipinski definition) is 5. The van der Waals surface area contributed by atoms with Crippen LogP contribution in [-0.2, 0) is 20.7 Å². The lowest BCUT2D eigenvalue weighted by Crippen LogP contribution is -2.47. The number of piperidine rings is 1. The minimum absolute atomic E-state index is 0.0229. The zero-order chi connectivity index (χ0) is 20.4. The molecule has 8 nitrogen and oxygen atoms in total. The van der Waals surface area contributed by atoms with Crippen molar-refractivity contribution in [1.82, 2.24) is 15.5 Å². The van der Waals surface area contributed by atoms with Crippen LogP contribution in [0.1, 0.15) is 31.7 Å². The van der Waals surface area contributed by atoms with Gasteiger partial charge in [0, 0.05) is 25.7 Å². The fourth-order valence-electron chi connectivity index (χ4n) is 3.05. The Morgan fingerprint density at radius 3 is 2.39 bits per heavy atom. The largest absolute Gasteiger partial charge is 0.497 e. The van der Waals surface area contributed by atoms with E-state index in [1.807, 2.05) is 24.3 Å². The summed E-state index contributed by atoms with van der Waals surface area (Å²) in [5.74, 6) is 0.198. The van der Waals surface area contributed by atoms with Crippen LogP contribution in [0.15, 0.2) is 24.3 Å². The van der Waals surface area contributed by atoms with Crippen molar-refractivity contribution < 1.29 is 23.9 Å².